The van der Waals surface area contributed by atoms with Crippen molar-refractivity contribution in [3.05, 3.63) is 45.1 Å². The van der Waals surface area contributed by atoms with Gasteiger partial charge in [-0.25, -0.2) is 0 Å². The number of hydrogen-bond donors (Lipinski definition) is 3. The third-order valence-corrected chi connectivity index (χ3v) is 3.30. The molecule has 7 heteroatoms. The number of aromatic nitrogens is 3. The van der Waals surface area contributed by atoms with Crippen molar-refractivity contribution in [1.29, 1.82) is 5.26 Å². The normalized spacial score (nSPS) is 10.1. The van der Waals surface area contributed by atoms with Crippen molar-refractivity contribution in [2.24, 2.45) is 0 Å². The van der Waals surface area contributed by atoms with Crippen LogP contribution in [0, 0.1) is 25.2 Å². The molecule has 7 nitrogen and oxygen atoms in total. The zero-order valence-corrected chi connectivity index (χ0v) is 11.8. The number of pyridine rings is 1. The molecule has 0 saturated heterocycles. The van der Waals surface area contributed by atoms with Gasteiger partial charge < -0.3 is 10.3 Å². The van der Waals surface area contributed by atoms with Crippen molar-refractivity contribution < 1.29 is 4.79 Å². The summed E-state index contributed by atoms with van der Waals surface area (Å²) in [4.78, 5) is 26.1. The summed E-state index contributed by atoms with van der Waals surface area (Å²) in [6, 6.07) is 1.90. The highest BCUT2D eigenvalue weighted by Gasteiger charge is 2.13. The van der Waals surface area contributed by atoms with Crippen molar-refractivity contribution in [3.8, 4) is 6.07 Å². The summed E-state index contributed by atoms with van der Waals surface area (Å²) < 4.78 is 0. The molecule has 0 spiro atoms. The molecule has 3 N–H and O–H groups in total. The fourth-order valence-corrected chi connectivity index (χ4v) is 2.20. The van der Waals surface area contributed by atoms with Crippen LogP contribution >= 0.6 is 0 Å². The van der Waals surface area contributed by atoms with E-state index in [4.69, 9.17) is 5.26 Å². The Hall–Kier alpha value is -2.88. The number of nitrogens with zero attached hydrogens (tertiary/aromatic N) is 2. The molecule has 0 fully saturated rings. The molecule has 0 aliphatic carbocycles. The van der Waals surface area contributed by atoms with Crippen LogP contribution < -0.4 is 10.9 Å². The zero-order valence-electron chi connectivity index (χ0n) is 11.8. The van der Waals surface area contributed by atoms with E-state index in [1.807, 2.05) is 6.07 Å². The maximum atomic E-state index is 11.8. The lowest BCUT2D eigenvalue weighted by Crippen LogP contribution is -2.18. The number of carbonyl (C=O) groups excluding carboxylic acids is 1. The molecule has 1 amide bonds. The first-order valence-corrected chi connectivity index (χ1v) is 6.44. The van der Waals surface area contributed by atoms with Gasteiger partial charge in [0.25, 0.3) is 5.56 Å². The number of anilines is 1. The third-order valence-electron chi connectivity index (χ3n) is 3.30. The molecule has 2 aromatic rings. The molecular weight excluding hydrogens is 270 g/mol. The molecule has 108 valence electrons. The van der Waals surface area contributed by atoms with Crippen LogP contribution in [0.2, 0.25) is 0 Å². The van der Waals surface area contributed by atoms with Gasteiger partial charge in [0, 0.05) is 18.3 Å². The van der Waals surface area contributed by atoms with Crippen LogP contribution in [0.3, 0.4) is 0 Å². The fraction of sp³-hybridized carbons (Fsp3) is 0.286. The molecule has 0 radical (unpaired) electrons. The van der Waals surface area contributed by atoms with Crippen LogP contribution in [-0.2, 0) is 11.2 Å². The average molecular weight is 285 g/mol. The average Bonchev–Trinajstić information content (AvgIpc) is 2.91. The molecule has 0 unspecified atom stereocenters. The summed E-state index contributed by atoms with van der Waals surface area (Å²) in [5, 5.41) is 18.1. The minimum Gasteiger partial charge on any atom is -0.325 e. The summed E-state index contributed by atoms with van der Waals surface area (Å²) in [5.74, 6) is -0.153. The van der Waals surface area contributed by atoms with Gasteiger partial charge >= 0.3 is 0 Å². The molecule has 2 rings (SSSR count). The second-order valence-electron chi connectivity index (χ2n) is 4.70. The lowest BCUT2D eigenvalue weighted by atomic mass is 9.99. The summed E-state index contributed by atoms with van der Waals surface area (Å²) in [6.45, 7) is 3.49. The lowest BCUT2D eigenvalue weighted by Gasteiger charge is -2.10. The van der Waals surface area contributed by atoms with Crippen molar-refractivity contribution in [2.45, 2.75) is 26.7 Å². The van der Waals surface area contributed by atoms with Gasteiger partial charge in [-0.2, -0.15) is 10.4 Å². The number of hydrogen-bond acceptors (Lipinski definition) is 4. The van der Waals surface area contributed by atoms with E-state index in [2.05, 4.69) is 20.5 Å². The van der Waals surface area contributed by atoms with Gasteiger partial charge in [0.15, 0.2) is 0 Å². The number of H-pyrrole nitrogens is 2. The van der Waals surface area contributed by atoms with Gasteiger partial charge in [-0.15, -0.1) is 0 Å². The van der Waals surface area contributed by atoms with Crippen molar-refractivity contribution >= 4 is 11.6 Å². The minimum absolute atomic E-state index is 0.103. The van der Waals surface area contributed by atoms with Gasteiger partial charge in [0.05, 0.1) is 11.9 Å². The monoisotopic (exact) mass is 285 g/mol. The highest BCUT2D eigenvalue weighted by molar-refractivity contribution is 5.90. The van der Waals surface area contributed by atoms with Gasteiger partial charge in [0.1, 0.15) is 11.6 Å². The maximum absolute atomic E-state index is 11.8. The SMILES string of the molecule is Cc1[nH]c(=O)c(C#N)c(C)c1CCC(=O)Nc1cn[nH]c1. The topological polar surface area (TPSA) is 114 Å². The van der Waals surface area contributed by atoms with Crippen molar-refractivity contribution in [2.75, 3.05) is 5.32 Å². The quantitative estimate of drug-likeness (QED) is 0.781. The van der Waals surface area contributed by atoms with Crippen LogP contribution in [-0.4, -0.2) is 21.1 Å². The smallest absolute Gasteiger partial charge is 0.266 e. The molecular formula is C14H15N5O2. The maximum Gasteiger partial charge on any atom is 0.266 e. The van der Waals surface area contributed by atoms with E-state index in [-0.39, 0.29) is 23.5 Å². The van der Waals surface area contributed by atoms with E-state index in [1.54, 1.807) is 20.0 Å². The second kappa shape index (κ2) is 6.05. The van der Waals surface area contributed by atoms with Gasteiger partial charge in [-0.3, -0.25) is 14.7 Å². The van der Waals surface area contributed by atoms with Crippen LogP contribution in [0.1, 0.15) is 28.8 Å². The Balaban J connectivity index is 2.12. The second-order valence-corrected chi connectivity index (χ2v) is 4.70. The number of aromatic amines is 2. The predicted octanol–water partition coefficient (Wildman–Crippen LogP) is 1.16. The summed E-state index contributed by atoms with van der Waals surface area (Å²) in [6.07, 6.45) is 3.81. The van der Waals surface area contributed by atoms with E-state index in [9.17, 15) is 9.59 Å². The van der Waals surface area contributed by atoms with Crippen LogP contribution in [0.4, 0.5) is 5.69 Å². The highest BCUT2D eigenvalue weighted by Crippen LogP contribution is 2.15. The summed E-state index contributed by atoms with van der Waals surface area (Å²) >= 11 is 0. The van der Waals surface area contributed by atoms with E-state index in [0.29, 0.717) is 23.4 Å². The molecule has 0 saturated carbocycles. The number of aryl methyl sites for hydroxylation is 1. The molecule has 21 heavy (non-hydrogen) atoms. The van der Waals surface area contributed by atoms with E-state index < -0.39 is 0 Å². The highest BCUT2D eigenvalue weighted by atomic mass is 16.1. The fourth-order valence-electron chi connectivity index (χ4n) is 2.20. The van der Waals surface area contributed by atoms with E-state index in [1.165, 1.54) is 6.20 Å². The van der Waals surface area contributed by atoms with Gasteiger partial charge in [0.2, 0.25) is 5.91 Å². The lowest BCUT2D eigenvalue weighted by molar-refractivity contribution is -0.116. The number of carbonyl (C=O) groups is 1. The zero-order chi connectivity index (χ0) is 15.4. The Morgan fingerprint density at radius 1 is 1.48 bits per heavy atom. The largest absolute Gasteiger partial charge is 0.325 e. The Labute approximate surface area is 121 Å². The molecule has 0 aromatic carbocycles. The third kappa shape index (κ3) is 3.17. The Morgan fingerprint density at radius 2 is 2.24 bits per heavy atom. The first-order valence-electron chi connectivity index (χ1n) is 6.44. The molecule has 0 bridgehead atoms. The van der Waals surface area contributed by atoms with Crippen molar-refractivity contribution in [3.63, 3.8) is 0 Å². The van der Waals surface area contributed by atoms with Crippen LogP contribution in [0.25, 0.3) is 0 Å². The minimum atomic E-state index is -0.390. The first kappa shape index (κ1) is 14.5. The van der Waals surface area contributed by atoms with Crippen molar-refractivity contribution in [1.82, 2.24) is 15.2 Å². The number of amides is 1. The molecule has 2 aromatic heterocycles. The number of nitriles is 1. The molecule has 0 aliphatic rings. The standard InChI is InChI=1S/C14H15N5O2/c1-8-11(9(2)18-14(21)12(8)5-15)3-4-13(20)19-10-6-16-17-7-10/h6-7H,3-4H2,1-2H3,(H,16,17)(H,18,21)(H,19,20). The first-order chi connectivity index (χ1) is 10.0. The summed E-state index contributed by atoms with van der Waals surface area (Å²) in [7, 11) is 0. The number of nitrogens with one attached hydrogen (secondary N) is 3. The predicted molar refractivity (Wildman–Crippen MR) is 76.8 cm³/mol. The van der Waals surface area contributed by atoms with Crippen LogP contribution in [0.15, 0.2) is 17.2 Å². The molecule has 2 heterocycles. The van der Waals surface area contributed by atoms with E-state index >= 15 is 0 Å². The molecule has 0 aliphatic heterocycles. The Bertz CT molecular complexity index is 753. The van der Waals surface area contributed by atoms with Gasteiger partial charge in [-0.05, 0) is 31.4 Å². The molecule has 0 atom stereocenters. The van der Waals surface area contributed by atoms with Gasteiger partial charge in [-0.1, -0.05) is 0 Å². The van der Waals surface area contributed by atoms with E-state index in [0.717, 1.165) is 5.56 Å². The Morgan fingerprint density at radius 3 is 2.86 bits per heavy atom. The van der Waals surface area contributed by atoms with Crippen LogP contribution in [0.5, 0.6) is 0 Å². The Kier molecular flexibility index (Phi) is 4.18. The number of rotatable bonds is 4. The summed E-state index contributed by atoms with van der Waals surface area (Å²) in [5.41, 5.74) is 2.47.